The Labute approximate surface area is 190 Å². The van der Waals surface area contributed by atoms with Crippen molar-refractivity contribution in [1.29, 1.82) is 0 Å². The van der Waals surface area contributed by atoms with E-state index in [0.717, 1.165) is 0 Å². The molecule has 0 aromatic carbocycles. The van der Waals surface area contributed by atoms with Gasteiger partial charge in [-0.1, -0.05) is 27.7 Å². The molecule has 0 radical (unpaired) electrons. The minimum atomic E-state index is -0.880. The van der Waals surface area contributed by atoms with Crippen molar-refractivity contribution in [3.63, 3.8) is 0 Å². The zero-order valence-electron chi connectivity index (χ0n) is 19.4. The molecule has 4 atom stereocenters. The first-order valence-corrected chi connectivity index (χ1v) is 10.9. The van der Waals surface area contributed by atoms with E-state index in [9.17, 15) is 14.4 Å². The first-order chi connectivity index (χ1) is 15.5. The van der Waals surface area contributed by atoms with Crippen molar-refractivity contribution in [3.05, 3.63) is 16.7 Å². The highest BCUT2D eigenvalue weighted by molar-refractivity contribution is 5.91. The molecule has 2 aliphatic heterocycles. The van der Waals surface area contributed by atoms with Gasteiger partial charge in [-0.3, -0.25) is 29.3 Å². The molecule has 1 unspecified atom stereocenters. The Kier molecular flexibility index (Phi) is 6.01. The molecule has 180 valence electrons. The molecule has 12 nitrogen and oxygen atoms in total. The van der Waals surface area contributed by atoms with Crippen LogP contribution in [0.2, 0.25) is 0 Å². The number of esters is 1. The molecule has 2 aromatic rings. The van der Waals surface area contributed by atoms with E-state index in [-0.39, 0.29) is 47.4 Å². The first kappa shape index (κ1) is 23.3. The Morgan fingerprint density at radius 1 is 1.21 bits per heavy atom. The topological polar surface area (TPSA) is 147 Å². The highest BCUT2D eigenvalue weighted by Crippen LogP contribution is 2.43. The van der Waals surface area contributed by atoms with Crippen LogP contribution in [-0.4, -0.2) is 62.1 Å². The highest BCUT2D eigenvalue weighted by Gasteiger charge is 2.56. The predicted molar refractivity (Wildman–Crippen MR) is 115 cm³/mol. The number of hydrogen-bond donors (Lipinski definition) is 2. The van der Waals surface area contributed by atoms with Crippen LogP contribution < -0.4 is 10.9 Å². The predicted octanol–water partition coefficient (Wildman–Crippen LogP) is 1.33. The average Bonchev–Trinajstić information content (AvgIpc) is 3.37. The number of carbonyl (C=O) groups is 2. The maximum atomic E-state index is 12.5. The zero-order valence-corrected chi connectivity index (χ0v) is 19.4. The summed E-state index contributed by atoms with van der Waals surface area (Å²) in [4.78, 5) is 47.7. The fourth-order valence-corrected chi connectivity index (χ4v) is 3.78. The number of aromatic nitrogens is 4. The van der Waals surface area contributed by atoms with Gasteiger partial charge in [0.05, 0.1) is 12.2 Å². The molecule has 0 bridgehead atoms. The summed E-state index contributed by atoms with van der Waals surface area (Å²) in [5.74, 6) is -2.08. The highest BCUT2D eigenvalue weighted by atomic mass is 16.8. The summed E-state index contributed by atoms with van der Waals surface area (Å²) in [6, 6.07) is 0. The molecule has 2 aliphatic rings. The van der Waals surface area contributed by atoms with Crippen molar-refractivity contribution in [1.82, 2.24) is 19.5 Å². The molecule has 0 saturated carbocycles. The number of ether oxygens (including phenoxy) is 4. The summed E-state index contributed by atoms with van der Waals surface area (Å²) in [5.41, 5.74) is -0.195. The SMILES string of the molecule is CC(C)C(=O)Nc1nc2c(ncn2[C@@H]2O[C@H](COC(=O)C(C)C)C3OC(C)(C)O[C@@H]32)c(=O)[nH]1. The molecule has 0 spiro atoms. The number of fused-ring (bicyclic) bond motifs is 2. The summed E-state index contributed by atoms with van der Waals surface area (Å²) in [7, 11) is 0. The van der Waals surface area contributed by atoms with Gasteiger partial charge in [-0.2, -0.15) is 4.98 Å². The van der Waals surface area contributed by atoms with Crippen LogP contribution in [-0.2, 0) is 28.5 Å². The van der Waals surface area contributed by atoms with Gasteiger partial charge in [0.1, 0.15) is 24.9 Å². The maximum absolute atomic E-state index is 12.5. The van der Waals surface area contributed by atoms with Crippen LogP contribution in [0.4, 0.5) is 5.95 Å². The van der Waals surface area contributed by atoms with Crippen molar-refractivity contribution in [2.24, 2.45) is 11.8 Å². The second kappa shape index (κ2) is 8.50. The van der Waals surface area contributed by atoms with E-state index in [4.69, 9.17) is 18.9 Å². The summed E-state index contributed by atoms with van der Waals surface area (Å²) >= 11 is 0. The monoisotopic (exact) mass is 463 g/mol. The van der Waals surface area contributed by atoms with Gasteiger partial charge in [0.25, 0.3) is 5.56 Å². The summed E-state index contributed by atoms with van der Waals surface area (Å²) in [5, 5.41) is 2.59. The lowest BCUT2D eigenvalue weighted by molar-refractivity contribution is -0.202. The van der Waals surface area contributed by atoms with E-state index in [1.54, 1.807) is 46.1 Å². The Balaban J connectivity index is 1.66. The maximum Gasteiger partial charge on any atom is 0.308 e. The number of nitrogens with one attached hydrogen (secondary N) is 2. The molecule has 1 amide bonds. The van der Waals surface area contributed by atoms with Crippen molar-refractivity contribution >= 4 is 29.0 Å². The number of aromatic amines is 1. The fraction of sp³-hybridized carbons (Fsp3) is 0.667. The number of hydrogen-bond acceptors (Lipinski definition) is 9. The normalized spacial score (nSPS) is 26.2. The molecule has 0 aliphatic carbocycles. The fourth-order valence-electron chi connectivity index (χ4n) is 3.78. The van der Waals surface area contributed by atoms with Crippen LogP contribution in [0.15, 0.2) is 11.1 Å². The third-order valence-corrected chi connectivity index (χ3v) is 5.46. The summed E-state index contributed by atoms with van der Waals surface area (Å²) < 4.78 is 25.2. The number of rotatable bonds is 6. The van der Waals surface area contributed by atoms with Crippen LogP contribution in [0.25, 0.3) is 11.2 Å². The zero-order chi connectivity index (χ0) is 24.1. The van der Waals surface area contributed by atoms with Crippen LogP contribution in [0.3, 0.4) is 0 Å². The molecule has 2 aromatic heterocycles. The minimum absolute atomic E-state index is 0.00818. The largest absolute Gasteiger partial charge is 0.463 e. The standard InChI is InChI=1S/C21H29N5O7/c1-9(2)16(27)24-20-23-15-12(17(28)25-20)22-8-26(15)18-14-13(32-21(5,6)33-14)11(31-18)7-30-19(29)10(3)4/h8-11,13-14,18H,7H2,1-6H3,(H2,23,24,25,27,28)/t11-,13?,14+,18-/m1/s1. The van der Waals surface area contributed by atoms with Gasteiger partial charge < -0.3 is 18.9 Å². The third-order valence-electron chi connectivity index (χ3n) is 5.46. The number of carbonyl (C=O) groups excluding carboxylic acids is 2. The minimum Gasteiger partial charge on any atom is -0.463 e. The van der Waals surface area contributed by atoms with E-state index in [0.29, 0.717) is 0 Å². The summed E-state index contributed by atoms with van der Waals surface area (Å²) in [6.07, 6.45) is -0.976. The number of nitrogens with zero attached hydrogens (tertiary/aromatic N) is 3. The number of imidazole rings is 1. The third kappa shape index (κ3) is 4.50. The van der Waals surface area contributed by atoms with E-state index in [1.807, 2.05) is 0 Å². The van der Waals surface area contributed by atoms with Gasteiger partial charge in [0.15, 0.2) is 23.2 Å². The molecule has 2 saturated heterocycles. The smallest absolute Gasteiger partial charge is 0.308 e. The van der Waals surface area contributed by atoms with Gasteiger partial charge in [-0.25, -0.2) is 4.98 Å². The second-order valence-electron chi connectivity index (χ2n) is 9.30. The van der Waals surface area contributed by atoms with Crippen LogP contribution in [0, 0.1) is 11.8 Å². The number of H-pyrrole nitrogens is 1. The lowest BCUT2D eigenvalue weighted by atomic mass is 10.1. The van der Waals surface area contributed by atoms with Gasteiger partial charge in [0, 0.05) is 5.92 Å². The quantitative estimate of drug-likeness (QED) is 0.606. The lowest BCUT2D eigenvalue weighted by Gasteiger charge is -2.24. The second-order valence-corrected chi connectivity index (χ2v) is 9.30. The molecule has 4 rings (SSSR count). The summed E-state index contributed by atoms with van der Waals surface area (Å²) in [6.45, 7) is 10.5. The van der Waals surface area contributed by atoms with E-state index < -0.39 is 35.9 Å². The van der Waals surface area contributed by atoms with Crippen molar-refractivity contribution in [2.45, 2.75) is 71.9 Å². The molecular weight excluding hydrogens is 434 g/mol. The van der Waals surface area contributed by atoms with E-state index in [1.165, 1.54) is 6.33 Å². The van der Waals surface area contributed by atoms with E-state index >= 15 is 0 Å². The van der Waals surface area contributed by atoms with Gasteiger partial charge in [-0.15, -0.1) is 0 Å². The van der Waals surface area contributed by atoms with Crippen molar-refractivity contribution < 1.29 is 28.5 Å². The molecule has 33 heavy (non-hydrogen) atoms. The Morgan fingerprint density at radius 3 is 2.58 bits per heavy atom. The lowest BCUT2D eigenvalue weighted by Crippen LogP contribution is -2.34. The van der Waals surface area contributed by atoms with Gasteiger partial charge in [0.2, 0.25) is 11.9 Å². The first-order valence-electron chi connectivity index (χ1n) is 10.9. The van der Waals surface area contributed by atoms with Crippen LogP contribution in [0.5, 0.6) is 0 Å². The Hall–Kier alpha value is -2.83. The van der Waals surface area contributed by atoms with Gasteiger partial charge >= 0.3 is 5.97 Å². The van der Waals surface area contributed by atoms with Crippen molar-refractivity contribution in [3.8, 4) is 0 Å². The molecule has 12 heteroatoms. The Morgan fingerprint density at radius 2 is 1.91 bits per heavy atom. The number of anilines is 1. The molecular formula is C21H29N5O7. The van der Waals surface area contributed by atoms with Gasteiger partial charge in [-0.05, 0) is 13.8 Å². The van der Waals surface area contributed by atoms with Crippen LogP contribution >= 0.6 is 0 Å². The van der Waals surface area contributed by atoms with Crippen molar-refractivity contribution in [2.75, 3.05) is 11.9 Å². The molecule has 4 heterocycles. The Bertz CT molecular complexity index is 1120. The van der Waals surface area contributed by atoms with Crippen LogP contribution in [0.1, 0.15) is 47.8 Å². The molecule has 2 N–H and O–H groups in total. The number of amides is 1. The molecule has 2 fully saturated rings. The van der Waals surface area contributed by atoms with E-state index in [2.05, 4.69) is 20.3 Å². The average molecular weight is 463 g/mol.